The maximum Gasteiger partial charge on any atom is 0.245 e. The highest BCUT2D eigenvalue weighted by atomic mass is 16.5. The van der Waals surface area contributed by atoms with Gasteiger partial charge in [0.05, 0.1) is 19.1 Å². The topological polar surface area (TPSA) is 53.3 Å². The molecule has 4 nitrogen and oxygen atoms in total. The van der Waals surface area contributed by atoms with Crippen molar-refractivity contribution in [1.82, 2.24) is 4.90 Å². The summed E-state index contributed by atoms with van der Waals surface area (Å²) >= 11 is 0. The molecular formula is C11H16N2O2. The van der Waals surface area contributed by atoms with Gasteiger partial charge in [-0.25, -0.2) is 0 Å². The van der Waals surface area contributed by atoms with E-state index in [2.05, 4.69) is 6.58 Å². The molecule has 0 aromatic rings. The Labute approximate surface area is 90.1 Å². The second kappa shape index (κ2) is 6.20. The molecule has 0 bridgehead atoms. The van der Waals surface area contributed by atoms with E-state index in [9.17, 15) is 4.79 Å². The van der Waals surface area contributed by atoms with E-state index < -0.39 is 0 Å². The fraction of sp³-hybridized carbons (Fsp3) is 0.636. The van der Waals surface area contributed by atoms with Gasteiger partial charge < -0.3 is 9.64 Å². The highest BCUT2D eigenvalue weighted by Gasteiger charge is 2.20. The van der Waals surface area contributed by atoms with Crippen LogP contribution in [0.2, 0.25) is 0 Å². The van der Waals surface area contributed by atoms with Crippen molar-refractivity contribution < 1.29 is 9.53 Å². The number of rotatable bonds is 5. The first-order valence-corrected chi connectivity index (χ1v) is 5.14. The number of ether oxygens (including phenoxy) is 1. The Hall–Kier alpha value is -1.34. The first-order valence-electron chi connectivity index (χ1n) is 5.14. The molecule has 0 aromatic heterocycles. The van der Waals surface area contributed by atoms with Crippen LogP contribution >= 0.6 is 0 Å². The average Bonchev–Trinajstić information content (AvgIpc) is 2.75. The van der Waals surface area contributed by atoms with Gasteiger partial charge in [0.1, 0.15) is 0 Å². The smallest absolute Gasteiger partial charge is 0.245 e. The van der Waals surface area contributed by atoms with Crippen molar-refractivity contribution in [3.63, 3.8) is 0 Å². The summed E-state index contributed by atoms with van der Waals surface area (Å²) in [4.78, 5) is 13.1. The molecule has 1 aliphatic heterocycles. The number of carbonyl (C=O) groups excluding carboxylic acids is 1. The zero-order valence-electron chi connectivity index (χ0n) is 8.82. The lowest BCUT2D eigenvalue weighted by molar-refractivity contribution is -0.126. The predicted molar refractivity (Wildman–Crippen MR) is 55.9 cm³/mol. The molecule has 0 radical (unpaired) electrons. The summed E-state index contributed by atoms with van der Waals surface area (Å²) in [6.45, 7) is 6.11. The number of nitriles is 1. The predicted octanol–water partition coefficient (Wildman–Crippen LogP) is 0.951. The van der Waals surface area contributed by atoms with Crippen LogP contribution in [0.1, 0.15) is 12.8 Å². The van der Waals surface area contributed by atoms with Gasteiger partial charge in [0.2, 0.25) is 5.91 Å². The van der Waals surface area contributed by atoms with Crippen molar-refractivity contribution in [2.45, 2.75) is 12.8 Å². The second-order valence-corrected chi connectivity index (χ2v) is 3.63. The molecule has 1 heterocycles. The van der Waals surface area contributed by atoms with Crippen LogP contribution in [0.15, 0.2) is 12.7 Å². The zero-order valence-corrected chi connectivity index (χ0v) is 8.82. The Morgan fingerprint density at radius 2 is 2.53 bits per heavy atom. The Balaban J connectivity index is 2.43. The summed E-state index contributed by atoms with van der Waals surface area (Å²) in [5.74, 6) is 0.310. The van der Waals surface area contributed by atoms with Gasteiger partial charge in [-0.15, -0.1) is 0 Å². The monoisotopic (exact) mass is 208 g/mol. The van der Waals surface area contributed by atoms with E-state index in [4.69, 9.17) is 10.00 Å². The Morgan fingerprint density at radius 1 is 1.73 bits per heavy atom. The molecule has 1 saturated heterocycles. The lowest BCUT2D eigenvalue weighted by Crippen LogP contribution is -2.35. The quantitative estimate of drug-likeness (QED) is 0.632. The standard InChI is InChI=1S/C11H16N2O2/c1-2-11(14)13(6-3-5-12)8-10-4-7-15-9-10/h2,10H,1,3-4,6-9H2. The number of nitrogens with zero attached hydrogens (tertiary/aromatic N) is 2. The van der Waals surface area contributed by atoms with Gasteiger partial charge in [-0.2, -0.15) is 5.26 Å². The van der Waals surface area contributed by atoms with Crippen LogP contribution in [0.25, 0.3) is 0 Å². The number of hydrogen-bond donors (Lipinski definition) is 0. The largest absolute Gasteiger partial charge is 0.381 e. The lowest BCUT2D eigenvalue weighted by Gasteiger charge is -2.22. The third-order valence-corrected chi connectivity index (χ3v) is 2.48. The molecule has 0 aliphatic carbocycles. The molecule has 1 rings (SSSR count). The summed E-state index contributed by atoms with van der Waals surface area (Å²) < 4.78 is 5.25. The molecule has 1 amide bonds. The highest BCUT2D eigenvalue weighted by molar-refractivity contribution is 5.87. The maximum atomic E-state index is 11.5. The van der Waals surface area contributed by atoms with Gasteiger partial charge in [-0.3, -0.25) is 4.79 Å². The van der Waals surface area contributed by atoms with E-state index in [1.807, 2.05) is 6.07 Å². The Kier molecular flexibility index (Phi) is 4.85. The molecular weight excluding hydrogens is 192 g/mol. The van der Waals surface area contributed by atoms with Crippen molar-refractivity contribution in [1.29, 1.82) is 5.26 Å². The number of hydrogen-bond acceptors (Lipinski definition) is 3. The van der Waals surface area contributed by atoms with Gasteiger partial charge in [-0.05, 0) is 12.5 Å². The summed E-state index contributed by atoms with van der Waals surface area (Å²) in [7, 11) is 0. The fourth-order valence-corrected chi connectivity index (χ4v) is 1.64. The van der Waals surface area contributed by atoms with Crippen LogP contribution in [0.4, 0.5) is 0 Å². The molecule has 1 fully saturated rings. The fourth-order valence-electron chi connectivity index (χ4n) is 1.64. The Bertz CT molecular complexity index is 264. The van der Waals surface area contributed by atoms with Crippen molar-refractivity contribution in [2.24, 2.45) is 5.92 Å². The van der Waals surface area contributed by atoms with Crippen LogP contribution < -0.4 is 0 Å². The average molecular weight is 208 g/mol. The van der Waals surface area contributed by atoms with Crippen LogP contribution in [0.5, 0.6) is 0 Å². The third kappa shape index (κ3) is 3.72. The van der Waals surface area contributed by atoms with E-state index in [1.165, 1.54) is 6.08 Å². The van der Waals surface area contributed by atoms with Crippen LogP contribution in [0, 0.1) is 17.2 Å². The first kappa shape index (κ1) is 11.7. The molecule has 1 atom stereocenters. The summed E-state index contributed by atoms with van der Waals surface area (Å²) in [5.41, 5.74) is 0. The van der Waals surface area contributed by atoms with E-state index in [1.54, 1.807) is 4.90 Å². The summed E-state index contributed by atoms with van der Waals surface area (Å²) in [6, 6.07) is 2.04. The molecule has 0 spiro atoms. The van der Waals surface area contributed by atoms with Crippen molar-refractivity contribution in [3.05, 3.63) is 12.7 Å². The van der Waals surface area contributed by atoms with Crippen molar-refractivity contribution >= 4 is 5.91 Å². The van der Waals surface area contributed by atoms with Crippen molar-refractivity contribution in [2.75, 3.05) is 26.3 Å². The van der Waals surface area contributed by atoms with E-state index in [-0.39, 0.29) is 5.91 Å². The molecule has 0 N–H and O–H groups in total. The minimum absolute atomic E-state index is 0.0999. The number of amides is 1. The minimum Gasteiger partial charge on any atom is -0.381 e. The van der Waals surface area contributed by atoms with E-state index >= 15 is 0 Å². The van der Waals surface area contributed by atoms with Gasteiger partial charge >= 0.3 is 0 Å². The normalized spacial score (nSPS) is 19.5. The van der Waals surface area contributed by atoms with Crippen LogP contribution in [-0.2, 0) is 9.53 Å². The minimum atomic E-state index is -0.0999. The van der Waals surface area contributed by atoms with Gasteiger partial charge in [0, 0.05) is 25.6 Å². The number of carbonyl (C=O) groups is 1. The molecule has 1 unspecified atom stereocenters. The first-order chi connectivity index (χ1) is 7.27. The van der Waals surface area contributed by atoms with Gasteiger partial charge in [-0.1, -0.05) is 6.58 Å². The molecule has 0 saturated carbocycles. The zero-order chi connectivity index (χ0) is 11.1. The molecule has 82 valence electrons. The molecule has 0 aromatic carbocycles. The molecule has 15 heavy (non-hydrogen) atoms. The lowest BCUT2D eigenvalue weighted by atomic mass is 10.1. The SMILES string of the molecule is C=CC(=O)N(CCC#N)CC1CCOC1. The second-order valence-electron chi connectivity index (χ2n) is 3.63. The van der Waals surface area contributed by atoms with Crippen LogP contribution in [0.3, 0.4) is 0 Å². The molecule has 4 heteroatoms. The van der Waals surface area contributed by atoms with E-state index in [0.29, 0.717) is 32.0 Å². The van der Waals surface area contributed by atoms with E-state index in [0.717, 1.165) is 13.0 Å². The Morgan fingerprint density at radius 3 is 3.07 bits per heavy atom. The van der Waals surface area contributed by atoms with Gasteiger partial charge in [0.25, 0.3) is 0 Å². The third-order valence-electron chi connectivity index (χ3n) is 2.48. The van der Waals surface area contributed by atoms with Crippen molar-refractivity contribution in [3.8, 4) is 6.07 Å². The van der Waals surface area contributed by atoms with Crippen LogP contribution in [-0.4, -0.2) is 37.1 Å². The molecule has 1 aliphatic rings. The summed E-state index contributed by atoms with van der Waals surface area (Å²) in [6.07, 6.45) is 2.66. The van der Waals surface area contributed by atoms with Gasteiger partial charge in [0.15, 0.2) is 0 Å². The highest BCUT2D eigenvalue weighted by Crippen LogP contribution is 2.14. The maximum absolute atomic E-state index is 11.5. The summed E-state index contributed by atoms with van der Waals surface area (Å²) in [5, 5.41) is 8.49.